The van der Waals surface area contributed by atoms with E-state index < -0.39 is 0 Å². The maximum Gasteiger partial charge on any atom is 0.188 e. The van der Waals surface area contributed by atoms with Crippen molar-refractivity contribution in [1.29, 1.82) is 0 Å². The van der Waals surface area contributed by atoms with E-state index >= 15 is 0 Å². The maximum absolute atomic E-state index is 5.73. The lowest BCUT2D eigenvalue weighted by molar-refractivity contribution is 0.314. The van der Waals surface area contributed by atoms with E-state index in [1.807, 2.05) is 25.1 Å². The zero-order chi connectivity index (χ0) is 14.2. The van der Waals surface area contributed by atoms with Crippen molar-refractivity contribution in [3.63, 3.8) is 0 Å². The van der Waals surface area contributed by atoms with Crippen LogP contribution in [0, 0.1) is 0 Å². The molecule has 0 amide bonds. The number of benzene rings is 2. The highest BCUT2D eigenvalue weighted by Gasteiger charge is 1.97. The maximum atomic E-state index is 5.73. The Labute approximate surface area is 119 Å². The summed E-state index contributed by atoms with van der Waals surface area (Å²) in [7, 11) is 0. The predicted molar refractivity (Wildman–Crippen MR) is 84.2 cm³/mol. The Balaban J connectivity index is 1.80. The molecule has 0 fully saturated rings. The van der Waals surface area contributed by atoms with Gasteiger partial charge < -0.3 is 15.8 Å². The topological polar surface area (TPSA) is 59.6 Å². The molecule has 0 aliphatic carbocycles. The molecular formula is C16H21N3O. The summed E-state index contributed by atoms with van der Waals surface area (Å²) in [5.41, 5.74) is 5.64. The van der Waals surface area contributed by atoms with E-state index in [-0.39, 0.29) is 0 Å². The molecule has 0 saturated heterocycles. The molecule has 0 aliphatic rings. The highest BCUT2D eigenvalue weighted by atomic mass is 16.5. The fourth-order valence-corrected chi connectivity index (χ4v) is 1.95. The minimum Gasteiger partial charge on any atom is -0.494 e. The van der Waals surface area contributed by atoms with Crippen LogP contribution in [0.2, 0.25) is 0 Å². The average molecular weight is 271 g/mol. The van der Waals surface area contributed by atoms with Crippen LogP contribution in [-0.2, 0) is 0 Å². The third-order valence-electron chi connectivity index (χ3n) is 2.93. The first-order valence-corrected chi connectivity index (χ1v) is 6.95. The molecule has 0 spiro atoms. The third kappa shape index (κ3) is 4.16. The summed E-state index contributed by atoms with van der Waals surface area (Å²) in [5.74, 6) is 1.39. The number of nitrogens with zero attached hydrogens (tertiary/aromatic N) is 1. The van der Waals surface area contributed by atoms with Crippen LogP contribution in [0.3, 0.4) is 0 Å². The van der Waals surface area contributed by atoms with Crippen molar-refractivity contribution >= 4 is 16.7 Å². The van der Waals surface area contributed by atoms with Crippen molar-refractivity contribution in [2.24, 2.45) is 10.7 Å². The Morgan fingerprint density at radius 2 is 2.00 bits per heavy atom. The SMILES string of the molecule is CCNC(N)=NCCCOc1ccc2ccccc2c1. The highest BCUT2D eigenvalue weighted by Crippen LogP contribution is 2.20. The number of fused-ring (bicyclic) bond motifs is 1. The van der Waals surface area contributed by atoms with Gasteiger partial charge in [-0.2, -0.15) is 0 Å². The molecule has 20 heavy (non-hydrogen) atoms. The average Bonchev–Trinajstić information content (AvgIpc) is 2.47. The first kappa shape index (κ1) is 14.2. The first-order chi connectivity index (χ1) is 9.79. The van der Waals surface area contributed by atoms with Crippen molar-refractivity contribution < 1.29 is 4.74 Å². The molecule has 4 heteroatoms. The minimum absolute atomic E-state index is 0.498. The molecule has 0 atom stereocenters. The van der Waals surface area contributed by atoms with Crippen LogP contribution >= 0.6 is 0 Å². The summed E-state index contributed by atoms with van der Waals surface area (Å²) in [6, 6.07) is 14.4. The van der Waals surface area contributed by atoms with Gasteiger partial charge in [0, 0.05) is 19.5 Å². The van der Waals surface area contributed by atoms with Crippen LogP contribution in [-0.4, -0.2) is 25.7 Å². The van der Waals surface area contributed by atoms with Crippen molar-refractivity contribution in [3.05, 3.63) is 42.5 Å². The summed E-state index contributed by atoms with van der Waals surface area (Å²) >= 11 is 0. The second kappa shape index (κ2) is 7.38. The van der Waals surface area contributed by atoms with E-state index in [1.165, 1.54) is 10.8 Å². The Kier molecular flexibility index (Phi) is 5.24. The van der Waals surface area contributed by atoms with Gasteiger partial charge in [0.05, 0.1) is 6.61 Å². The summed E-state index contributed by atoms with van der Waals surface area (Å²) in [4.78, 5) is 4.20. The van der Waals surface area contributed by atoms with Gasteiger partial charge >= 0.3 is 0 Å². The smallest absolute Gasteiger partial charge is 0.188 e. The zero-order valence-electron chi connectivity index (χ0n) is 11.8. The molecule has 0 unspecified atom stereocenters. The monoisotopic (exact) mass is 271 g/mol. The van der Waals surface area contributed by atoms with Gasteiger partial charge in [0.25, 0.3) is 0 Å². The van der Waals surface area contributed by atoms with Crippen molar-refractivity contribution in [2.75, 3.05) is 19.7 Å². The summed E-state index contributed by atoms with van der Waals surface area (Å²) in [6.45, 7) is 4.10. The van der Waals surface area contributed by atoms with E-state index in [0.29, 0.717) is 19.1 Å². The van der Waals surface area contributed by atoms with Gasteiger partial charge in [0.15, 0.2) is 5.96 Å². The van der Waals surface area contributed by atoms with Crippen LogP contribution in [0.4, 0.5) is 0 Å². The van der Waals surface area contributed by atoms with Gasteiger partial charge in [-0.1, -0.05) is 30.3 Å². The second-order valence-electron chi connectivity index (χ2n) is 4.51. The largest absolute Gasteiger partial charge is 0.494 e. The Hall–Kier alpha value is -2.23. The molecule has 2 rings (SSSR count). The number of rotatable bonds is 6. The molecule has 0 aliphatic heterocycles. The van der Waals surface area contributed by atoms with Crippen LogP contribution < -0.4 is 15.8 Å². The van der Waals surface area contributed by atoms with Crippen molar-refractivity contribution in [3.8, 4) is 5.75 Å². The van der Waals surface area contributed by atoms with Gasteiger partial charge in [-0.05, 0) is 29.8 Å². The second-order valence-corrected chi connectivity index (χ2v) is 4.51. The minimum atomic E-state index is 0.498. The summed E-state index contributed by atoms with van der Waals surface area (Å²) < 4.78 is 5.73. The number of hydrogen-bond donors (Lipinski definition) is 2. The Bertz CT molecular complexity index is 581. The predicted octanol–water partition coefficient (Wildman–Crippen LogP) is 2.53. The molecule has 0 saturated carbocycles. The fourth-order valence-electron chi connectivity index (χ4n) is 1.95. The lowest BCUT2D eigenvalue weighted by Crippen LogP contribution is -2.31. The van der Waals surface area contributed by atoms with E-state index in [1.54, 1.807) is 0 Å². The molecule has 0 radical (unpaired) electrons. The van der Waals surface area contributed by atoms with Crippen molar-refractivity contribution in [2.45, 2.75) is 13.3 Å². The third-order valence-corrected chi connectivity index (χ3v) is 2.93. The molecule has 0 bridgehead atoms. The van der Waals surface area contributed by atoms with Crippen LogP contribution in [0.1, 0.15) is 13.3 Å². The summed E-state index contributed by atoms with van der Waals surface area (Å²) in [5, 5.41) is 5.38. The van der Waals surface area contributed by atoms with Crippen LogP contribution in [0.15, 0.2) is 47.5 Å². The molecule has 0 heterocycles. The first-order valence-electron chi connectivity index (χ1n) is 6.95. The zero-order valence-corrected chi connectivity index (χ0v) is 11.8. The standard InChI is InChI=1S/C16H21N3O/c1-2-18-16(17)19-10-5-11-20-15-9-8-13-6-3-4-7-14(13)12-15/h3-4,6-9,12H,2,5,10-11H2,1H3,(H3,17,18,19). The molecule has 4 nitrogen and oxygen atoms in total. The van der Waals surface area contributed by atoms with Crippen LogP contribution in [0.5, 0.6) is 5.75 Å². The number of ether oxygens (including phenoxy) is 1. The van der Waals surface area contributed by atoms with Gasteiger partial charge in [-0.25, -0.2) is 0 Å². The van der Waals surface area contributed by atoms with E-state index in [0.717, 1.165) is 18.7 Å². The molecule has 2 aromatic rings. The van der Waals surface area contributed by atoms with E-state index in [9.17, 15) is 0 Å². The van der Waals surface area contributed by atoms with Gasteiger partial charge in [0.1, 0.15) is 5.75 Å². The molecule has 2 aromatic carbocycles. The number of guanidine groups is 1. The van der Waals surface area contributed by atoms with E-state index in [2.05, 4.69) is 34.6 Å². The normalized spacial score (nSPS) is 11.6. The Morgan fingerprint density at radius 3 is 2.80 bits per heavy atom. The van der Waals surface area contributed by atoms with Crippen LogP contribution in [0.25, 0.3) is 10.8 Å². The van der Waals surface area contributed by atoms with Gasteiger partial charge in [0.2, 0.25) is 0 Å². The molecule has 3 N–H and O–H groups in total. The fraction of sp³-hybridized carbons (Fsp3) is 0.312. The Morgan fingerprint density at radius 1 is 1.20 bits per heavy atom. The quantitative estimate of drug-likeness (QED) is 0.482. The number of nitrogens with two attached hydrogens (primary N) is 1. The number of aliphatic imine (C=N–C) groups is 1. The van der Waals surface area contributed by atoms with Gasteiger partial charge in [-0.3, -0.25) is 4.99 Å². The lowest BCUT2D eigenvalue weighted by Gasteiger charge is -2.07. The molecule has 106 valence electrons. The molecule has 0 aromatic heterocycles. The number of hydrogen-bond acceptors (Lipinski definition) is 2. The number of nitrogens with one attached hydrogen (secondary N) is 1. The van der Waals surface area contributed by atoms with Crippen molar-refractivity contribution in [1.82, 2.24) is 5.32 Å². The van der Waals surface area contributed by atoms with Gasteiger partial charge in [-0.15, -0.1) is 0 Å². The lowest BCUT2D eigenvalue weighted by atomic mass is 10.1. The highest BCUT2D eigenvalue weighted by molar-refractivity contribution is 5.83. The van der Waals surface area contributed by atoms with E-state index in [4.69, 9.17) is 10.5 Å². The molecular weight excluding hydrogens is 250 g/mol. The summed E-state index contributed by atoms with van der Waals surface area (Å²) in [6.07, 6.45) is 0.846.